The van der Waals surface area contributed by atoms with Crippen LogP contribution < -0.4 is 10.9 Å². The number of hydrogen-bond acceptors (Lipinski definition) is 5. The van der Waals surface area contributed by atoms with E-state index in [-0.39, 0.29) is 18.0 Å². The standard InChI is InChI=1S/C23H22FN5O2S/c1-14-19-22(27-18-5-3-2-4-9-29(18)23(19)31)32-20(14)21(30)26-12-15-6-7-17(16(24)11-15)28-10-8-25-13-28/h6-8,10-11,13H,2-5,9,12H2,1H3,(H,26,30). The van der Waals surface area contributed by atoms with E-state index < -0.39 is 5.82 Å². The molecule has 5 rings (SSSR count). The van der Waals surface area contributed by atoms with Gasteiger partial charge in [-0.05, 0) is 43.0 Å². The lowest BCUT2D eigenvalue weighted by atomic mass is 10.1. The Labute approximate surface area is 187 Å². The number of nitrogens with zero attached hydrogens (tertiary/aromatic N) is 4. The zero-order valence-electron chi connectivity index (χ0n) is 17.6. The van der Waals surface area contributed by atoms with E-state index in [1.54, 1.807) is 40.6 Å². The van der Waals surface area contributed by atoms with Crippen molar-refractivity contribution in [3.8, 4) is 5.69 Å². The second kappa shape index (κ2) is 8.31. The largest absolute Gasteiger partial charge is 0.347 e. The molecular formula is C23H22FN5O2S. The molecule has 1 aromatic carbocycles. The summed E-state index contributed by atoms with van der Waals surface area (Å²) >= 11 is 1.24. The minimum Gasteiger partial charge on any atom is -0.347 e. The summed E-state index contributed by atoms with van der Waals surface area (Å²) in [5.74, 6) is 0.123. The highest BCUT2D eigenvalue weighted by atomic mass is 32.1. The highest BCUT2D eigenvalue weighted by Gasteiger charge is 2.22. The van der Waals surface area contributed by atoms with Gasteiger partial charge in [0.2, 0.25) is 0 Å². The number of halogens is 1. The van der Waals surface area contributed by atoms with Crippen LogP contribution in [0.1, 0.15) is 45.9 Å². The Balaban J connectivity index is 1.38. The lowest BCUT2D eigenvalue weighted by Gasteiger charge is -2.08. The molecule has 0 spiro atoms. The van der Waals surface area contributed by atoms with Crippen molar-refractivity contribution in [1.82, 2.24) is 24.4 Å². The molecular weight excluding hydrogens is 429 g/mol. The molecule has 0 aliphatic carbocycles. The van der Waals surface area contributed by atoms with Gasteiger partial charge in [0.15, 0.2) is 0 Å². The molecule has 1 amide bonds. The lowest BCUT2D eigenvalue weighted by molar-refractivity contribution is 0.0954. The van der Waals surface area contributed by atoms with Gasteiger partial charge < -0.3 is 9.88 Å². The third kappa shape index (κ3) is 3.62. The summed E-state index contributed by atoms with van der Waals surface area (Å²) < 4.78 is 17.8. The van der Waals surface area contributed by atoms with Gasteiger partial charge in [-0.15, -0.1) is 11.3 Å². The van der Waals surface area contributed by atoms with E-state index in [1.165, 1.54) is 23.7 Å². The molecule has 32 heavy (non-hydrogen) atoms. The Morgan fingerprint density at radius 3 is 2.94 bits per heavy atom. The van der Waals surface area contributed by atoms with E-state index >= 15 is 0 Å². The Morgan fingerprint density at radius 2 is 2.16 bits per heavy atom. The van der Waals surface area contributed by atoms with E-state index in [0.29, 0.717) is 38.5 Å². The SMILES string of the molecule is Cc1c(C(=O)NCc2ccc(-n3ccnc3)c(F)c2)sc2nc3n(c(=O)c12)CCCCC3. The summed E-state index contributed by atoms with van der Waals surface area (Å²) in [6, 6.07) is 4.82. The molecule has 1 N–H and O–H groups in total. The van der Waals surface area contributed by atoms with Gasteiger partial charge >= 0.3 is 0 Å². The number of nitrogens with one attached hydrogen (secondary N) is 1. The average molecular weight is 452 g/mol. The van der Waals surface area contributed by atoms with Crippen molar-refractivity contribution < 1.29 is 9.18 Å². The number of hydrogen-bond donors (Lipinski definition) is 1. The Kier molecular flexibility index (Phi) is 5.34. The number of aromatic nitrogens is 4. The highest BCUT2D eigenvalue weighted by molar-refractivity contribution is 7.20. The molecule has 0 unspecified atom stereocenters. The number of thiophene rings is 1. The number of rotatable bonds is 4. The number of carbonyl (C=O) groups excluding carboxylic acids is 1. The van der Waals surface area contributed by atoms with Gasteiger partial charge in [0.1, 0.15) is 16.5 Å². The zero-order chi connectivity index (χ0) is 22.2. The van der Waals surface area contributed by atoms with Gasteiger partial charge in [0, 0.05) is 31.9 Å². The van der Waals surface area contributed by atoms with Crippen molar-refractivity contribution in [2.24, 2.45) is 0 Å². The predicted octanol–water partition coefficient (Wildman–Crippen LogP) is 3.75. The second-order valence-corrected chi connectivity index (χ2v) is 8.97. The van der Waals surface area contributed by atoms with Crippen LogP contribution >= 0.6 is 11.3 Å². The summed E-state index contributed by atoms with van der Waals surface area (Å²) in [6.07, 6.45) is 8.63. The maximum Gasteiger partial charge on any atom is 0.262 e. The molecule has 0 fully saturated rings. The minimum absolute atomic E-state index is 0.0585. The van der Waals surface area contributed by atoms with Crippen LogP contribution in [0.4, 0.5) is 4.39 Å². The first-order valence-corrected chi connectivity index (χ1v) is 11.4. The van der Waals surface area contributed by atoms with Crippen LogP contribution in [0.3, 0.4) is 0 Å². The lowest BCUT2D eigenvalue weighted by Crippen LogP contribution is -2.25. The quantitative estimate of drug-likeness (QED) is 0.512. The van der Waals surface area contributed by atoms with E-state index in [2.05, 4.69) is 10.3 Å². The molecule has 0 radical (unpaired) electrons. The van der Waals surface area contributed by atoms with Crippen molar-refractivity contribution in [3.05, 3.63) is 74.9 Å². The van der Waals surface area contributed by atoms with Crippen LogP contribution in [-0.4, -0.2) is 25.0 Å². The van der Waals surface area contributed by atoms with E-state index in [9.17, 15) is 14.0 Å². The van der Waals surface area contributed by atoms with Gasteiger partial charge in [-0.3, -0.25) is 14.2 Å². The molecule has 9 heteroatoms. The van der Waals surface area contributed by atoms with Gasteiger partial charge in [-0.1, -0.05) is 12.5 Å². The molecule has 1 aliphatic heterocycles. The number of imidazole rings is 1. The van der Waals surface area contributed by atoms with E-state index in [0.717, 1.165) is 31.5 Å². The Hall–Kier alpha value is -3.33. The normalized spacial score (nSPS) is 13.7. The number of benzene rings is 1. The third-order valence-corrected chi connectivity index (χ3v) is 7.05. The predicted molar refractivity (Wildman–Crippen MR) is 121 cm³/mol. The molecule has 4 aromatic rings. The monoisotopic (exact) mass is 451 g/mol. The third-order valence-electron chi connectivity index (χ3n) is 5.87. The minimum atomic E-state index is -0.397. The van der Waals surface area contributed by atoms with Crippen molar-refractivity contribution in [2.75, 3.05) is 0 Å². The molecule has 164 valence electrons. The molecule has 0 saturated heterocycles. The first kappa shape index (κ1) is 20.6. The van der Waals surface area contributed by atoms with Gasteiger partial charge in [0.05, 0.1) is 22.3 Å². The van der Waals surface area contributed by atoms with E-state index in [4.69, 9.17) is 4.98 Å². The number of carbonyl (C=O) groups is 1. The molecule has 7 nitrogen and oxygen atoms in total. The highest BCUT2D eigenvalue weighted by Crippen LogP contribution is 2.28. The van der Waals surface area contributed by atoms with Crippen LogP contribution in [0.5, 0.6) is 0 Å². The first-order valence-electron chi connectivity index (χ1n) is 10.6. The molecule has 3 aromatic heterocycles. The van der Waals surface area contributed by atoms with Crippen LogP contribution in [0.15, 0.2) is 41.7 Å². The van der Waals surface area contributed by atoms with Gasteiger partial charge in [-0.2, -0.15) is 0 Å². The van der Waals surface area contributed by atoms with Gasteiger partial charge in [0.25, 0.3) is 11.5 Å². The second-order valence-electron chi connectivity index (χ2n) is 7.97. The Bertz CT molecular complexity index is 1370. The fraction of sp³-hybridized carbons (Fsp3) is 0.304. The molecule has 1 aliphatic rings. The van der Waals surface area contributed by atoms with Gasteiger partial charge in [-0.25, -0.2) is 14.4 Å². The van der Waals surface area contributed by atoms with Crippen molar-refractivity contribution in [3.63, 3.8) is 0 Å². The maximum atomic E-state index is 14.5. The summed E-state index contributed by atoms with van der Waals surface area (Å²) in [5, 5.41) is 3.38. The summed E-state index contributed by atoms with van der Waals surface area (Å²) in [5.41, 5.74) is 1.63. The van der Waals surface area contributed by atoms with E-state index in [1.807, 2.05) is 0 Å². The molecule has 0 saturated carbocycles. The number of aryl methyl sites for hydroxylation is 2. The molecule has 0 bridgehead atoms. The summed E-state index contributed by atoms with van der Waals surface area (Å²) in [6.45, 7) is 2.64. The average Bonchev–Trinajstić information content (AvgIpc) is 3.35. The fourth-order valence-corrected chi connectivity index (χ4v) is 5.27. The first-order chi connectivity index (χ1) is 15.5. The topological polar surface area (TPSA) is 81.8 Å². The van der Waals surface area contributed by atoms with Crippen molar-refractivity contribution in [1.29, 1.82) is 0 Å². The maximum absolute atomic E-state index is 14.5. The molecule has 4 heterocycles. The number of amides is 1. The zero-order valence-corrected chi connectivity index (χ0v) is 18.4. The van der Waals surface area contributed by atoms with Crippen LogP contribution in [0.25, 0.3) is 15.9 Å². The molecule has 0 atom stereocenters. The van der Waals surface area contributed by atoms with Crippen molar-refractivity contribution >= 4 is 27.5 Å². The Morgan fingerprint density at radius 1 is 1.28 bits per heavy atom. The number of fused-ring (bicyclic) bond motifs is 2. The summed E-state index contributed by atoms with van der Waals surface area (Å²) in [7, 11) is 0. The summed E-state index contributed by atoms with van der Waals surface area (Å²) in [4.78, 5) is 35.7. The van der Waals surface area contributed by atoms with Crippen molar-refractivity contribution in [2.45, 2.75) is 45.7 Å². The van der Waals surface area contributed by atoms with Crippen LogP contribution in [-0.2, 0) is 19.5 Å². The van der Waals surface area contributed by atoms with Crippen LogP contribution in [0, 0.1) is 12.7 Å². The smallest absolute Gasteiger partial charge is 0.262 e. The fourth-order valence-electron chi connectivity index (χ4n) is 4.16. The van der Waals surface area contributed by atoms with Crippen LogP contribution in [0.2, 0.25) is 0 Å².